The lowest BCUT2D eigenvalue weighted by molar-refractivity contribution is 0.646. The molecule has 2 aromatic rings. The summed E-state index contributed by atoms with van der Waals surface area (Å²) in [5.41, 5.74) is 9.15. The Labute approximate surface area is 114 Å². The highest BCUT2D eigenvalue weighted by Gasteiger charge is 2.51. The van der Waals surface area contributed by atoms with Gasteiger partial charge in [-0.25, -0.2) is 0 Å². The summed E-state index contributed by atoms with van der Waals surface area (Å²) >= 11 is 0. The van der Waals surface area contributed by atoms with Crippen LogP contribution in [0.1, 0.15) is 23.5 Å². The lowest BCUT2D eigenvalue weighted by Crippen LogP contribution is -2.27. The number of hydrogen-bond donors (Lipinski definition) is 1. The molecule has 1 saturated carbocycles. The fourth-order valence-corrected chi connectivity index (χ4v) is 2.63. The molecule has 18 heavy (non-hydrogen) atoms. The van der Waals surface area contributed by atoms with Crippen molar-refractivity contribution in [3.8, 4) is 0 Å². The van der Waals surface area contributed by atoms with Crippen molar-refractivity contribution < 1.29 is 0 Å². The molecule has 2 N–H and O–H groups in total. The molecule has 1 fully saturated rings. The number of hydrogen-bond acceptors (Lipinski definition) is 1. The van der Waals surface area contributed by atoms with Gasteiger partial charge < -0.3 is 5.73 Å². The van der Waals surface area contributed by atoms with Crippen molar-refractivity contribution in [3.63, 3.8) is 0 Å². The van der Waals surface area contributed by atoms with E-state index in [1.807, 2.05) is 6.07 Å². The third-order valence-electron chi connectivity index (χ3n) is 3.70. The average molecular weight is 260 g/mol. The van der Waals surface area contributed by atoms with Crippen LogP contribution in [-0.2, 0) is 6.42 Å². The largest absolute Gasteiger partial charge is 0.324 e. The van der Waals surface area contributed by atoms with Gasteiger partial charge in [-0.3, -0.25) is 0 Å². The molecule has 0 aromatic heterocycles. The van der Waals surface area contributed by atoms with Gasteiger partial charge in [-0.05, 0) is 24.0 Å². The van der Waals surface area contributed by atoms with Crippen LogP contribution in [0.25, 0.3) is 0 Å². The minimum Gasteiger partial charge on any atom is -0.324 e. The van der Waals surface area contributed by atoms with E-state index in [-0.39, 0.29) is 17.9 Å². The van der Waals surface area contributed by atoms with E-state index in [4.69, 9.17) is 5.73 Å². The van der Waals surface area contributed by atoms with Gasteiger partial charge in [-0.15, -0.1) is 12.4 Å². The van der Waals surface area contributed by atoms with Gasteiger partial charge >= 0.3 is 0 Å². The molecule has 0 unspecified atom stereocenters. The Kier molecular flexibility index (Phi) is 3.74. The van der Waals surface area contributed by atoms with Gasteiger partial charge in [0.25, 0.3) is 0 Å². The van der Waals surface area contributed by atoms with Crippen molar-refractivity contribution in [2.45, 2.75) is 24.3 Å². The summed E-state index contributed by atoms with van der Waals surface area (Å²) in [4.78, 5) is 0. The maximum atomic E-state index is 6.45. The molecule has 2 heteroatoms. The zero-order chi connectivity index (χ0) is 11.7. The standard InChI is InChI=1S/C16H17N.ClH/c17-16(11-13-7-3-1-4-8-13)12-15(16)14-9-5-2-6-10-14;/h1-10,15H,11-12,17H2;1H/t15-,16+;/m1./s1. The van der Waals surface area contributed by atoms with Gasteiger partial charge in [0, 0.05) is 11.5 Å². The monoisotopic (exact) mass is 259 g/mol. The smallest absolute Gasteiger partial charge is 0.0271 e. The summed E-state index contributed by atoms with van der Waals surface area (Å²) in [6.07, 6.45) is 2.08. The summed E-state index contributed by atoms with van der Waals surface area (Å²) in [6, 6.07) is 21.2. The third kappa shape index (κ3) is 2.58. The third-order valence-corrected chi connectivity index (χ3v) is 3.70. The number of halogens is 1. The van der Waals surface area contributed by atoms with Crippen molar-refractivity contribution in [1.29, 1.82) is 0 Å². The molecule has 3 rings (SSSR count). The Morgan fingerprint density at radius 3 is 2.11 bits per heavy atom. The molecular formula is C16H18ClN. The molecule has 1 aliphatic rings. The van der Waals surface area contributed by atoms with Crippen LogP contribution in [0.2, 0.25) is 0 Å². The second-order valence-electron chi connectivity index (χ2n) is 5.06. The van der Waals surface area contributed by atoms with E-state index >= 15 is 0 Å². The zero-order valence-electron chi connectivity index (χ0n) is 10.3. The molecule has 0 bridgehead atoms. The van der Waals surface area contributed by atoms with Crippen LogP contribution in [0.4, 0.5) is 0 Å². The fourth-order valence-electron chi connectivity index (χ4n) is 2.63. The van der Waals surface area contributed by atoms with Crippen molar-refractivity contribution in [2.24, 2.45) is 5.73 Å². The normalized spacial score (nSPS) is 25.3. The number of benzene rings is 2. The van der Waals surface area contributed by atoms with Gasteiger partial charge in [0.05, 0.1) is 0 Å². The molecule has 2 aromatic carbocycles. The van der Waals surface area contributed by atoms with Crippen molar-refractivity contribution in [2.75, 3.05) is 0 Å². The Bertz CT molecular complexity index is 497. The van der Waals surface area contributed by atoms with Gasteiger partial charge in [0.1, 0.15) is 0 Å². The van der Waals surface area contributed by atoms with E-state index in [1.54, 1.807) is 0 Å². The molecule has 0 heterocycles. The van der Waals surface area contributed by atoms with E-state index in [0.29, 0.717) is 5.92 Å². The first-order chi connectivity index (χ1) is 8.28. The first-order valence-electron chi connectivity index (χ1n) is 6.16. The van der Waals surface area contributed by atoms with Crippen molar-refractivity contribution >= 4 is 12.4 Å². The second-order valence-corrected chi connectivity index (χ2v) is 5.06. The Hall–Kier alpha value is -1.31. The topological polar surface area (TPSA) is 26.0 Å². The van der Waals surface area contributed by atoms with E-state index in [9.17, 15) is 0 Å². The van der Waals surface area contributed by atoms with E-state index in [1.165, 1.54) is 11.1 Å². The van der Waals surface area contributed by atoms with Crippen LogP contribution >= 0.6 is 12.4 Å². The second kappa shape index (κ2) is 5.13. The molecule has 1 aliphatic carbocycles. The predicted octanol–water partition coefficient (Wildman–Crippen LogP) is 3.54. The summed E-state index contributed by atoms with van der Waals surface area (Å²) in [6.45, 7) is 0. The molecule has 0 aliphatic heterocycles. The highest BCUT2D eigenvalue weighted by atomic mass is 35.5. The molecule has 2 atom stereocenters. The van der Waals surface area contributed by atoms with Crippen LogP contribution in [0, 0.1) is 0 Å². The summed E-state index contributed by atoms with van der Waals surface area (Å²) in [5, 5.41) is 0. The average Bonchev–Trinajstić information content (AvgIpc) is 3.03. The Morgan fingerprint density at radius 1 is 0.944 bits per heavy atom. The minimum absolute atomic E-state index is 0. The molecule has 0 radical (unpaired) electrons. The maximum Gasteiger partial charge on any atom is 0.0271 e. The Morgan fingerprint density at radius 2 is 1.50 bits per heavy atom. The molecule has 94 valence electrons. The van der Waals surface area contributed by atoms with Crippen molar-refractivity contribution in [1.82, 2.24) is 0 Å². The van der Waals surface area contributed by atoms with Crippen LogP contribution < -0.4 is 5.73 Å². The molecular weight excluding hydrogens is 242 g/mol. The minimum atomic E-state index is -0.0251. The highest BCUT2D eigenvalue weighted by Crippen LogP contribution is 2.51. The fraction of sp³-hybridized carbons (Fsp3) is 0.250. The highest BCUT2D eigenvalue weighted by molar-refractivity contribution is 5.85. The lowest BCUT2D eigenvalue weighted by atomic mass is 10.00. The van der Waals surface area contributed by atoms with Crippen LogP contribution in [0.3, 0.4) is 0 Å². The summed E-state index contributed by atoms with van der Waals surface area (Å²) in [5.74, 6) is 0.531. The number of rotatable bonds is 3. The molecule has 1 nitrogen and oxygen atoms in total. The van der Waals surface area contributed by atoms with Crippen LogP contribution in [0.5, 0.6) is 0 Å². The van der Waals surface area contributed by atoms with Gasteiger partial charge in [-0.2, -0.15) is 0 Å². The number of nitrogens with two attached hydrogens (primary N) is 1. The summed E-state index contributed by atoms with van der Waals surface area (Å²) in [7, 11) is 0. The van der Waals surface area contributed by atoms with E-state index < -0.39 is 0 Å². The van der Waals surface area contributed by atoms with E-state index in [0.717, 1.165) is 12.8 Å². The van der Waals surface area contributed by atoms with Gasteiger partial charge in [0.15, 0.2) is 0 Å². The quantitative estimate of drug-likeness (QED) is 0.897. The molecule has 0 spiro atoms. The van der Waals surface area contributed by atoms with Crippen LogP contribution in [-0.4, -0.2) is 5.54 Å². The lowest BCUT2D eigenvalue weighted by Gasteiger charge is -2.11. The molecule has 0 saturated heterocycles. The van der Waals surface area contributed by atoms with Crippen LogP contribution in [0.15, 0.2) is 60.7 Å². The zero-order valence-corrected chi connectivity index (χ0v) is 11.1. The van der Waals surface area contributed by atoms with Gasteiger partial charge in [0.2, 0.25) is 0 Å². The van der Waals surface area contributed by atoms with Gasteiger partial charge in [-0.1, -0.05) is 60.7 Å². The Balaban J connectivity index is 0.00000120. The SMILES string of the molecule is Cl.N[C@@]1(Cc2ccccc2)C[C@@H]1c1ccccc1. The van der Waals surface area contributed by atoms with E-state index in [2.05, 4.69) is 54.6 Å². The predicted molar refractivity (Wildman–Crippen MR) is 78.1 cm³/mol. The first kappa shape index (κ1) is 13.1. The summed E-state index contributed by atoms with van der Waals surface area (Å²) < 4.78 is 0. The molecule has 0 amide bonds. The van der Waals surface area contributed by atoms with Crippen molar-refractivity contribution in [3.05, 3.63) is 71.8 Å². The first-order valence-corrected chi connectivity index (χ1v) is 6.16. The maximum absolute atomic E-state index is 6.45.